The lowest BCUT2D eigenvalue weighted by Gasteiger charge is -2.24. The lowest BCUT2D eigenvalue weighted by atomic mass is 9.91. The number of amides is 2. The summed E-state index contributed by atoms with van der Waals surface area (Å²) < 4.78 is 0. The number of carbonyl (C=O) groups is 2. The third-order valence-corrected chi connectivity index (χ3v) is 3.69. The highest BCUT2D eigenvalue weighted by Crippen LogP contribution is 2.33. The molecule has 0 radical (unpaired) electrons. The van der Waals surface area contributed by atoms with E-state index in [0.29, 0.717) is 18.6 Å². The predicted molar refractivity (Wildman–Crippen MR) is 72.3 cm³/mol. The molecule has 104 valence electrons. The summed E-state index contributed by atoms with van der Waals surface area (Å²) in [5.74, 6) is 0.185. The number of nitrogens with zero attached hydrogens (tertiary/aromatic N) is 1. The van der Waals surface area contributed by atoms with Gasteiger partial charge in [0.05, 0.1) is 11.6 Å². The molecule has 1 aromatic rings. The van der Waals surface area contributed by atoms with Gasteiger partial charge in [-0.1, -0.05) is 6.07 Å². The molecular formula is C14H15N3O3. The molecule has 0 spiro atoms. The predicted octanol–water partition coefficient (Wildman–Crippen LogP) is 1.14. The molecule has 2 heterocycles. The lowest BCUT2D eigenvalue weighted by molar-refractivity contribution is -0.130. The molecule has 3 rings (SSSR count). The Morgan fingerprint density at radius 1 is 1.30 bits per heavy atom. The van der Waals surface area contributed by atoms with Crippen molar-refractivity contribution in [2.45, 2.75) is 32.6 Å². The number of benzene rings is 1. The van der Waals surface area contributed by atoms with Crippen molar-refractivity contribution < 1.29 is 14.4 Å². The van der Waals surface area contributed by atoms with E-state index in [4.69, 9.17) is 4.84 Å². The summed E-state index contributed by atoms with van der Waals surface area (Å²) in [5.41, 5.74) is 8.55. The highest BCUT2D eigenvalue weighted by atomic mass is 16.7. The van der Waals surface area contributed by atoms with Crippen LogP contribution in [0.25, 0.3) is 0 Å². The van der Waals surface area contributed by atoms with Gasteiger partial charge in [-0.05, 0) is 25.5 Å². The maximum atomic E-state index is 11.6. The zero-order chi connectivity index (χ0) is 14.3. The molecule has 0 fully saturated rings. The van der Waals surface area contributed by atoms with E-state index in [1.54, 1.807) is 0 Å². The zero-order valence-electron chi connectivity index (χ0n) is 11.3. The highest BCUT2D eigenvalue weighted by Gasteiger charge is 2.27. The molecule has 0 saturated carbocycles. The van der Waals surface area contributed by atoms with E-state index in [2.05, 4.69) is 16.0 Å². The first-order valence-electron chi connectivity index (χ1n) is 6.53. The van der Waals surface area contributed by atoms with Gasteiger partial charge in [0.15, 0.2) is 5.75 Å². The molecule has 20 heavy (non-hydrogen) atoms. The normalized spacial score (nSPS) is 21.3. The van der Waals surface area contributed by atoms with E-state index in [0.717, 1.165) is 22.4 Å². The minimum atomic E-state index is -0.237. The van der Waals surface area contributed by atoms with Crippen LogP contribution >= 0.6 is 0 Å². The van der Waals surface area contributed by atoms with Gasteiger partial charge in [-0.25, -0.2) is 5.43 Å². The maximum Gasteiger partial charge on any atom is 0.259 e. The first kappa shape index (κ1) is 12.7. The Morgan fingerprint density at radius 3 is 2.80 bits per heavy atom. The van der Waals surface area contributed by atoms with Gasteiger partial charge >= 0.3 is 0 Å². The first-order chi connectivity index (χ1) is 9.56. The summed E-state index contributed by atoms with van der Waals surface area (Å²) >= 11 is 0. The van der Waals surface area contributed by atoms with E-state index < -0.39 is 0 Å². The van der Waals surface area contributed by atoms with Crippen LogP contribution in [0.1, 0.15) is 42.4 Å². The van der Waals surface area contributed by atoms with Crippen LogP contribution in [0.2, 0.25) is 0 Å². The largest absolute Gasteiger partial charge is 0.379 e. The molecule has 2 amide bonds. The number of carbonyl (C=O) groups excluding carboxylic acids is 2. The topological polar surface area (TPSA) is 79.8 Å². The molecule has 1 unspecified atom stereocenters. The fraction of sp³-hybridized carbons (Fsp3) is 0.357. The summed E-state index contributed by atoms with van der Waals surface area (Å²) in [5, 5.41) is 4.10. The molecule has 6 heteroatoms. The number of nitrogens with one attached hydrogen (secondary N) is 2. The second-order valence-corrected chi connectivity index (χ2v) is 5.09. The fourth-order valence-corrected chi connectivity index (χ4v) is 2.45. The van der Waals surface area contributed by atoms with Gasteiger partial charge in [-0.15, -0.1) is 0 Å². The first-order valence-corrected chi connectivity index (χ1v) is 6.53. The summed E-state index contributed by atoms with van der Waals surface area (Å²) in [7, 11) is 0. The quantitative estimate of drug-likeness (QED) is 0.805. The van der Waals surface area contributed by atoms with Gasteiger partial charge in [0.25, 0.3) is 5.91 Å². The molecular weight excluding hydrogens is 258 g/mol. The van der Waals surface area contributed by atoms with Gasteiger partial charge in [-0.3, -0.25) is 9.59 Å². The molecule has 1 atom stereocenters. The third kappa shape index (κ3) is 2.03. The van der Waals surface area contributed by atoms with E-state index in [9.17, 15) is 9.59 Å². The van der Waals surface area contributed by atoms with Crippen molar-refractivity contribution in [2.24, 2.45) is 5.10 Å². The Morgan fingerprint density at radius 2 is 2.10 bits per heavy atom. The zero-order valence-corrected chi connectivity index (χ0v) is 11.3. The Kier molecular flexibility index (Phi) is 2.93. The maximum absolute atomic E-state index is 11.6. The molecule has 1 aromatic carbocycles. The van der Waals surface area contributed by atoms with Gasteiger partial charge in [0.1, 0.15) is 0 Å². The summed E-state index contributed by atoms with van der Waals surface area (Å²) in [6.45, 7) is 3.81. The van der Waals surface area contributed by atoms with E-state index in [1.807, 2.05) is 26.0 Å². The average molecular weight is 273 g/mol. The van der Waals surface area contributed by atoms with Crippen molar-refractivity contribution in [1.82, 2.24) is 10.9 Å². The van der Waals surface area contributed by atoms with Crippen LogP contribution in [0, 0.1) is 6.92 Å². The third-order valence-electron chi connectivity index (χ3n) is 3.69. The van der Waals surface area contributed by atoms with Crippen molar-refractivity contribution in [2.75, 3.05) is 0 Å². The number of hydrogen-bond donors (Lipinski definition) is 2. The Balaban J connectivity index is 2.02. The molecule has 0 saturated heterocycles. The average Bonchev–Trinajstić information content (AvgIpc) is 2.44. The monoisotopic (exact) mass is 273 g/mol. The van der Waals surface area contributed by atoms with Crippen LogP contribution < -0.4 is 15.7 Å². The standard InChI is InChI=1S/C14H15N3O3/c1-7-5-10-8(2)14(19)17-20-12(10)6-9(7)11-3-4-13(18)16-15-11/h5-6,8H,3-4H2,1-2H3,(H,16,18)(H,17,19). The molecule has 0 bridgehead atoms. The summed E-state index contributed by atoms with van der Waals surface area (Å²) in [4.78, 5) is 28.0. The molecule has 0 aromatic heterocycles. The van der Waals surface area contributed by atoms with Crippen LogP contribution in [-0.4, -0.2) is 17.5 Å². The van der Waals surface area contributed by atoms with E-state index in [1.165, 1.54) is 0 Å². The SMILES string of the molecule is Cc1cc2c(cc1C1=NNC(=O)CC1)ONC(=O)C2C. The molecule has 2 aliphatic rings. The van der Waals surface area contributed by atoms with Crippen LogP contribution in [0.4, 0.5) is 0 Å². The number of aryl methyl sites for hydroxylation is 1. The van der Waals surface area contributed by atoms with Crippen molar-refractivity contribution in [3.63, 3.8) is 0 Å². The van der Waals surface area contributed by atoms with Crippen molar-refractivity contribution >= 4 is 17.5 Å². The molecule has 2 aliphatic heterocycles. The minimum Gasteiger partial charge on any atom is -0.379 e. The van der Waals surface area contributed by atoms with Crippen LogP contribution in [0.5, 0.6) is 5.75 Å². The van der Waals surface area contributed by atoms with Gasteiger partial charge in [-0.2, -0.15) is 10.6 Å². The van der Waals surface area contributed by atoms with Crippen molar-refractivity contribution in [3.05, 3.63) is 28.8 Å². The van der Waals surface area contributed by atoms with Crippen LogP contribution in [0.3, 0.4) is 0 Å². The van der Waals surface area contributed by atoms with Gasteiger partial charge in [0, 0.05) is 24.0 Å². The lowest BCUT2D eigenvalue weighted by Crippen LogP contribution is -2.36. The number of fused-ring (bicyclic) bond motifs is 1. The smallest absolute Gasteiger partial charge is 0.259 e. The molecule has 0 aliphatic carbocycles. The molecule has 2 N–H and O–H groups in total. The van der Waals surface area contributed by atoms with E-state index >= 15 is 0 Å². The van der Waals surface area contributed by atoms with Crippen LogP contribution in [0.15, 0.2) is 17.2 Å². The second kappa shape index (κ2) is 4.63. The highest BCUT2D eigenvalue weighted by molar-refractivity contribution is 6.05. The van der Waals surface area contributed by atoms with E-state index in [-0.39, 0.29) is 17.7 Å². The summed E-state index contributed by atoms with van der Waals surface area (Å²) in [6.07, 6.45) is 1.04. The minimum absolute atomic E-state index is 0.0681. The Labute approximate surface area is 116 Å². The Hall–Kier alpha value is -2.37. The van der Waals surface area contributed by atoms with Crippen molar-refractivity contribution in [3.8, 4) is 5.75 Å². The number of rotatable bonds is 1. The number of hydroxylamine groups is 1. The molecule has 6 nitrogen and oxygen atoms in total. The van der Waals surface area contributed by atoms with Gasteiger partial charge < -0.3 is 4.84 Å². The van der Waals surface area contributed by atoms with Gasteiger partial charge in [0.2, 0.25) is 5.91 Å². The van der Waals surface area contributed by atoms with Crippen molar-refractivity contribution in [1.29, 1.82) is 0 Å². The summed E-state index contributed by atoms with van der Waals surface area (Å²) in [6, 6.07) is 3.82. The number of hydrogen-bond acceptors (Lipinski definition) is 4. The number of hydrazone groups is 1. The fourth-order valence-electron chi connectivity index (χ4n) is 2.45. The Bertz CT molecular complexity index is 637. The van der Waals surface area contributed by atoms with Crippen LogP contribution in [-0.2, 0) is 9.59 Å². The second-order valence-electron chi connectivity index (χ2n) is 5.09.